The summed E-state index contributed by atoms with van der Waals surface area (Å²) in [6, 6.07) is 9.60. The number of benzene rings is 1. The Labute approximate surface area is 137 Å². The van der Waals surface area contributed by atoms with Gasteiger partial charge >= 0.3 is 6.18 Å². The number of hydrogen-bond acceptors (Lipinski definition) is 3. The number of hydrogen-bond donors (Lipinski definition) is 1. The average molecular weight is 335 g/mol. The van der Waals surface area contributed by atoms with Gasteiger partial charge in [-0.15, -0.1) is 0 Å². The van der Waals surface area contributed by atoms with Crippen molar-refractivity contribution in [3.05, 3.63) is 65.5 Å². The summed E-state index contributed by atoms with van der Waals surface area (Å²) in [4.78, 5) is 18.3. The lowest BCUT2D eigenvalue weighted by molar-refractivity contribution is -0.140. The third-order valence-corrected chi connectivity index (χ3v) is 3.96. The number of amides is 1. The summed E-state index contributed by atoms with van der Waals surface area (Å²) in [5, 5.41) is 2.66. The highest BCUT2D eigenvalue weighted by molar-refractivity contribution is 5.84. The Morgan fingerprint density at radius 1 is 1.17 bits per heavy atom. The van der Waals surface area contributed by atoms with E-state index in [1.807, 2.05) is 6.07 Å². The molecule has 4 nitrogen and oxygen atoms in total. The van der Waals surface area contributed by atoms with Crippen LogP contribution in [0.1, 0.15) is 22.9 Å². The highest BCUT2D eigenvalue weighted by Gasteiger charge is 2.40. The minimum Gasteiger partial charge on any atom is -0.353 e. The van der Waals surface area contributed by atoms with Gasteiger partial charge in [-0.1, -0.05) is 24.3 Å². The topological polar surface area (TPSA) is 45.2 Å². The molecule has 0 spiro atoms. The maximum absolute atomic E-state index is 13.3. The van der Waals surface area contributed by atoms with Crippen molar-refractivity contribution >= 4 is 5.91 Å². The fourth-order valence-electron chi connectivity index (χ4n) is 2.92. The van der Waals surface area contributed by atoms with Crippen molar-refractivity contribution < 1.29 is 18.0 Å². The van der Waals surface area contributed by atoms with Crippen LogP contribution >= 0.6 is 0 Å². The summed E-state index contributed by atoms with van der Waals surface area (Å²) in [6.45, 7) is 1.17. The number of alkyl halides is 3. The molecule has 1 aromatic heterocycles. The van der Waals surface area contributed by atoms with Gasteiger partial charge in [-0.2, -0.15) is 13.2 Å². The molecule has 1 N–H and O–H groups in total. The van der Waals surface area contributed by atoms with Crippen LogP contribution in [0.2, 0.25) is 0 Å². The maximum Gasteiger partial charge on any atom is 0.416 e. The fourth-order valence-corrected chi connectivity index (χ4v) is 2.92. The van der Waals surface area contributed by atoms with Gasteiger partial charge in [0.1, 0.15) is 6.04 Å². The smallest absolute Gasteiger partial charge is 0.353 e. The molecule has 0 radical (unpaired) electrons. The minimum absolute atomic E-state index is 0.0295. The molecule has 2 aromatic rings. The van der Waals surface area contributed by atoms with Crippen LogP contribution in [0.25, 0.3) is 0 Å². The largest absolute Gasteiger partial charge is 0.416 e. The summed E-state index contributed by atoms with van der Waals surface area (Å²) < 4.78 is 40.0. The number of carbonyl (C=O) groups is 1. The highest BCUT2D eigenvalue weighted by atomic mass is 19.4. The predicted octanol–water partition coefficient (Wildman–Crippen LogP) is 2.77. The first kappa shape index (κ1) is 16.4. The molecule has 1 atom stereocenters. The second kappa shape index (κ2) is 6.60. The lowest BCUT2D eigenvalue weighted by Gasteiger charge is -2.36. The molecule has 0 aliphatic carbocycles. The first-order valence-electron chi connectivity index (χ1n) is 7.54. The van der Waals surface area contributed by atoms with E-state index in [1.54, 1.807) is 23.2 Å². The zero-order valence-electron chi connectivity index (χ0n) is 12.8. The molecule has 1 aliphatic heterocycles. The van der Waals surface area contributed by atoms with Crippen molar-refractivity contribution in [2.45, 2.75) is 18.8 Å². The van der Waals surface area contributed by atoms with E-state index in [1.165, 1.54) is 18.2 Å². The average Bonchev–Trinajstić information content (AvgIpc) is 2.55. The van der Waals surface area contributed by atoms with Gasteiger partial charge in [0, 0.05) is 25.8 Å². The molecule has 1 saturated heterocycles. The van der Waals surface area contributed by atoms with Crippen LogP contribution in [0.4, 0.5) is 13.2 Å². The van der Waals surface area contributed by atoms with Crippen LogP contribution in [0, 0.1) is 0 Å². The summed E-state index contributed by atoms with van der Waals surface area (Å²) in [6.07, 6.45) is -2.89. The molecule has 0 saturated carbocycles. The Kier molecular flexibility index (Phi) is 4.53. The van der Waals surface area contributed by atoms with Crippen molar-refractivity contribution in [2.75, 3.05) is 13.1 Å². The van der Waals surface area contributed by atoms with Crippen LogP contribution in [0.3, 0.4) is 0 Å². The lowest BCUT2D eigenvalue weighted by Crippen LogP contribution is -2.50. The molecule has 0 bridgehead atoms. The minimum atomic E-state index is -4.51. The summed E-state index contributed by atoms with van der Waals surface area (Å²) in [5.74, 6) is -0.422. The predicted molar refractivity (Wildman–Crippen MR) is 81.8 cm³/mol. The van der Waals surface area contributed by atoms with Crippen LogP contribution in [-0.2, 0) is 17.5 Å². The zero-order chi connectivity index (χ0) is 17.2. The van der Waals surface area contributed by atoms with Crippen LogP contribution < -0.4 is 5.32 Å². The number of rotatable bonds is 3. The molecule has 0 unspecified atom stereocenters. The van der Waals surface area contributed by atoms with Gasteiger partial charge in [0.2, 0.25) is 5.91 Å². The van der Waals surface area contributed by atoms with E-state index in [-0.39, 0.29) is 5.56 Å². The van der Waals surface area contributed by atoms with E-state index >= 15 is 0 Å². The van der Waals surface area contributed by atoms with Gasteiger partial charge in [0.05, 0.1) is 11.3 Å². The molecule has 126 valence electrons. The molecule has 24 heavy (non-hydrogen) atoms. The van der Waals surface area contributed by atoms with Crippen LogP contribution in [-0.4, -0.2) is 28.9 Å². The second-order valence-electron chi connectivity index (χ2n) is 5.57. The third kappa shape index (κ3) is 3.41. The molecule has 1 fully saturated rings. The number of pyridine rings is 1. The molecule has 3 rings (SSSR count). The van der Waals surface area contributed by atoms with Gasteiger partial charge in [0.15, 0.2) is 0 Å². The molecular formula is C17H16F3N3O. The van der Waals surface area contributed by atoms with Gasteiger partial charge in [-0.05, 0) is 23.8 Å². The number of nitrogens with zero attached hydrogens (tertiary/aromatic N) is 2. The highest BCUT2D eigenvalue weighted by Crippen LogP contribution is 2.37. The van der Waals surface area contributed by atoms with Crippen molar-refractivity contribution in [3.8, 4) is 0 Å². The Hall–Kier alpha value is -2.41. The van der Waals surface area contributed by atoms with Gasteiger partial charge in [0.25, 0.3) is 0 Å². The summed E-state index contributed by atoms with van der Waals surface area (Å²) in [5.41, 5.74) is -0.0992. The first-order valence-corrected chi connectivity index (χ1v) is 7.54. The van der Waals surface area contributed by atoms with Gasteiger partial charge < -0.3 is 5.32 Å². The molecular weight excluding hydrogens is 319 g/mol. The summed E-state index contributed by atoms with van der Waals surface area (Å²) in [7, 11) is 0. The van der Waals surface area contributed by atoms with E-state index in [4.69, 9.17) is 0 Å². The lowest BCUT2D eigenvalue weighted by atomic mass is 9.96. The van der Waals surface area contributed by atoms with Crippen molar-refractivity contribution in [3.63, 3.8) is 0 Å². The number of nitrogens with one attached hydrogen (secondary N) is 1. The molecule has 1 aromatic carbocycles. The normalized spacial score (nSPS) is 19.1. The molecule has 7 heteroatoms. The first-order chi connectivity index (χ1) is 11.5. The van der Waals surface area contributed by atoms with Gasteiger partial charge in [-0.3, -0.25) is 14.7 Å². The van der Waals surface area contributed by atoms with Crippen LogP contribution in [0.5, 0.6) is 0 Å². The fraction of sp³-hybridized carbons (Fsp3) is 0.294. The number of aromatic nitrogens is 1. The maximum atomic E-state index is 13.3. The number of halogens is 3. The summed E-state index contributed by atoms with van der Waals surface area (Å²) >= 11 is 0. The third-order valence-electron chi connectivity index (χ3n) is 3.96. The molecule has 2 heterocycles. The quantitative estimate of drug-likeness (QED) is 0.938. The van der Waals surface area contributed by atoms with Crippen molar-refractivity contribution in [1.82, 2.24) is 15.2 Å². The number of piperazine rings is 1. The Morgan fingerprint density at radius 3 is 2.62 bits per heavy atom. The van der Waals surface area contributed by atoms with Gasteiger partial charge in [-0.25, -0.2) is 0 Å². The number of carbonyl (C=O) groups excluding carboxylic acids is 1. The standard InChI is InChI=1S/C17H16F3N3O/c18-17(19,20)14-7-2-1-6-13(14)15-16(24)22-9-10-23(15)11-12-5-3-4-8-21-12/h1-8,15H,9-11H2,(H,22,24)/t15-/m0/s1. The van der Waals surface area contributed by atoms with E-state index in [0.717, 1.165) is 6.07 Å². The zero-order valence-corrected chi connectivity index (χ0v) is 12.8. The Balaban J connectivity index is 1.98. The molecule has 1 amide bonds. The monoisotopic (exact) mass is 335 g/mol. The Morgan fingerprint density at radius 2 is 1.92 bits per heavy atom. The van der Waals surface area contributed by atoms with Crippen molar-refractivity contribution in [2.24, 2.45) is 0 Å². The second-order valence-corrected chi connectivity index (χ2v) is 5.57. The Bertz CT molecular complexity index is 719. The van der Waals surface area contributed by atoms with E-state index in [9.17, 15) is 18.0 Å². The van der Waals surface area contributed by atoms with E-state index in [2.05, 4.69) is 10.3 Å². The van der Waals surface area contributed by atoms with E-state index < -0.39 is 23.7 Å². The van der Waals surface area contributed by atoms with Crippen molar-refractivity contribution in [1.29, 1.82) is 0 Å². The van der Waals surface area contributed by atoms with E-state index in [0.29, 0.717) is 25.3 Å². The molecule has 1 aliphatic rings. The van der Waals surface area contributed by atoms with Crippen LogP contribution in [0.15, 0.2) is 48.7 Å². The SMILES string of the molecule is O=C1NCCN(Cc2ccccn2)[C@H]1c1ccccc1C(F)(F)F.